The molecular weight excluding hydrogens is 494 g/mol. The second-order valence-corrected chi connectivity index (χ2v) is 11.0. The molecule has 10 heteroatoms. The van der Waals surface area contributed by atoms with E-state index in [1.165, 1.54) is 4.90 Å². The van der Waals surface area contributed by atoms with Crippen LogP contribution in [0.5, 0.6) is 11.5 Å². The molecule has 0 aromatic heterocycles. The number of ether oxygens (including phenoxy) is 2. The van der Waals surface area contributed by atoms with Crippen molar-refractivity contribution in [3.8, 4) is 11.5 Å². The van der Waals surface area contributed by atoms with Crippen LogP contribution < -0.4 is 25.0 Å². The number of fused-ring (bicyclic) bond motifs is 1. The summed E-state index contributed by atoms with van der Waals surface area (Å²) in [5, 5.41) is 5.73. The maximum atomic E-state index is 13.4. The first-order valence-corrected chi connectivity index (χ1v) is 13.9. The Labute approximate surface area is 219 Å². The van der Waals surface area contributed by atoms with Crippen molar-refractivity contribution in [1.82, 2.24) is 5.32 Å². The highest BCUT2D eigenvalue weighted by molar-refractivity contribution is 7.86. The zero-order valence-electron chi connectivity index (χ0n) is 21.4. The van der Waals surface area contributed by atoms with Gasteiger partial charge in [-0.3, -0.25) is 23.5 Å². The number of carbonyl (C=O) groups excluding carboxylic acids is 3. The van der Waals surface area contributed by atoms with E-state index in [9.17, 15) is 18.6 Å². The molecule has 1 saturated carbocycles. The number of benzene rings is 2. The molecule has 9 nitrogen and oxygen atoms in total. The van der Waals surface area contributed by atoms with Gasteiger partial charge in [0.15, 0.2) is 11.5 Å². The number of anilines is 2. The molecule has 1 fully saturated rings. The van der Waals surface area contributed by atoms with Crippen LogP contribution in [-0.4, -0.2) is 52.3 Å². The molecule has 0 spiro atoms. The van der Waals surface area contributed by atoms with Crippen molar-refractivity contribution in [2.24, 2.45) is 0 Å². The van der Waals surface area contributed by atoms with Gasteiger partial charge in [-0.15, -0.1) is 0 Å². The van der Waals surface area contributed by atoms with Crippen LogP contribution in [0.4, 0.5) is 11.4 Å². The van der Waals surface area contributed by atoms with Gasteiger partial charge in [-0.2, -0.15) is 0 Å². The van der Waals surface area contributed by atoms with Gasteiger partial charge in [-0.1, -0.05) is 30.5 Å². The molecule has 2 N–H and O–H groups in total. The summed E-state index contributed by atoms with van der Waals surface area (Å²) in [6.07, 6.45) is 4.01. The molecule has 198 valence electrons. The predicted octanol–water partition coefficient (Wildman–Crippen LogP) is 3.20. The molecule has 0 bridgehead atoms. The molecule has 37 heavy (non-hydrogen) atoms. The Morgan fingerprint density at radius 1 is 1.03 bits per heavy atom. The molecular formula is C27H33N3O6S. The van der Waals surface area contributed by atoms with Gasteiger partial charge in [0.25, 0.3) is 0 Å². The molecule has 4 rings (SSSR count). The molecule has 1 heterocycles. The van der Waals surface area contributed by atoms with Crippen LogP contribution in [0, 0.1) is 13.8 Å². The predicted molar refractivity (Wildman–Crippen MR) is 142 cm³/mol. The van der Waals surface area contributed by atoms with Gasteiger partial charge >= 0.3 is 0 Å². The van der Waals surface area contributed by atoms with E-state index >= 15 is 0 Å². The number of nitrogens with zero attached hydrogens (tertiary/aromatic N) is 1. The summed E-state index contributed by atoms with van der Waals surface area (Å²) in [7, 11) is -1.78. The van der Waals surface area contributed by atoms with Crippen molar-refractivity contribution in [2.75, 3.05) is 28.5 Å². The van der Waals surface area contributed by atoms with Crippen LogP contribution in [0.15, 0.2) is 36.4 Å². The number of nitrogens with one attached hydrogen (secondary N) is 2. The quantitative estimate of drug-likeness (QED) is 0.518. The van der Waals surface area contributed by atoms with Crippen LogP contribution >= 0.6 is 0 Å². The third-order valence-electron chi connectivity index (χ3n) is 6.58. The highest BCUT2D eigenvalue weighted by Gasteiger charge is 2.31. The van der Waals surface area contributed by atoms with E-state index in [0.717, 1.165) is 36.8 Å². The number of hydrogen-bond donors (Lipinski definition) is 2. The Hall–Kier alpha value is -3.40. The van der Waals surface area contributed by atoms with Crippen molar-refractivity contribution in [3.63, 3.8) is 0 Å². The molecule has 1 aliphatic carbocycles. The maximum Gasteiger partial charge on any atom is 0.243 e. The maximum absolute atomic E-state index is 13.4. The van der Waals surface area contributed by atoms with Gasteiger partial charge in [0.1, 0.15) is 17.5 Å². The standard InChI is InChI=1S/C27H33N3O6S/c1-17-8-10-22(18(2)12-17)30(19(3)27(33)29-20-6-4-5-7-20)26(32)15-37(34)14-25(31)28-21-9-11-23-24(13-21)36-16-35-23/h8-13,19-20H,4-7,14-16H2,1-3H3,(H,28,31)(H,29,33)/t19-,37-/m1/s1. The fourth-order valence-electron chi connectivity index (χ4n) is 4.72. The molecule has 2 atom stereocenters. The zero-order valence-corrected chi connectivity index (χ0v) is 22.2. The number of amides is 3. The average molecular weight is 528 g/mol. The summed E-state index contributed by atoms with van der Waals surface area (Å²) in [6.45, 7) is 5.62. The number of rotatable bonds is 9. The van der Waals surface area contributed by atoms with Gasteiger partial charge in [0, 0.05) is 34.3 Å². The van der Waals surface area contributed by atoms with Crippen molar-refractivity contribution < 1.29 is 28.1 Å². The number of aryl methyl sites for hydroxylation is 2. The lowest BCUT2D eigenvalue weighted by Gasteiger charge is -2.31. The average Bonchev–Trinajstić information content (AvgIpc) is 3.52. The van der Waals surface area contributed by atoms with Gasteiger partial charge < -0.3 is 20.1 Å². The smallest absolute Gasteiger partial charge is 0.243 e. The SMILES string of the molecule is Cc1ccc(N(C(=O)C[S@](=O)CC(=O)Nc2ccc3c(c2)OCO3)[C@H](C)C(=O)NC2CCCC2)c(C)c1. The Kier molecular flexibility index (Phi) is 8.48. The second kappa shape index (κ2) is 11.8. The molecule has 2 aromatic carbocycles. The first-order chi connectivity index (χ1) is 17.7. The van der Waals surface area contributed by atoms with E-state index < -0.39 is 28.7 Å². The third kappa shape index (κ3) is 6.68. The van der Waals surface area contributed by atoms with Crippen molar-refractivity contribution in [2.45, 2.75) is 58.5 Å². The molecule has 3 amide bonds. The minimum Gasteiger partial charge on any atom is -0.454 e. The van der Waals surface area contributed by atoms with Crippen LogP contribution in [-0.2, 0) is 25.2 Å². The second-order valence-electron chi connectivity index (χ2n) is 9.56. The van der Waals surface area contributed by atoms with E-state index in [1.54, 1.807) is 31.2 Å². The molecule has 2 aromatic rings. The van der Waals surface area contributed by atoms with Crippen LogP contribution in [0.1, 0.15) is 43.7 Å². The third-order valence-corrected chi connectivity index (χ3v) is 7.73. The van der Waals surface area contributed by atoms with Crippen LogP contribution in [0.2, 0.25) is 0 Å². The highest BCUT2D eigenvalue weighted by Crippen LogP contribution is 2.34. The fraction of sp³-hybridized carbons (Fsp3) is 0.444. The normalized spacial score (nSPS) is 16.2. The molecule has 1 aliphatic heterocycles. The molecule has 2 aliphatic rings. The highest BCUT2D eigenvalue weighted by atomic mass is 32.2. The lowest BCUT2D eigenvalue weighted by molar-refractivity contribution is -0.125. The van der Waals surface area contributed by atoms with E-state index in [2.05, 4.69) is 10.6 Å². The van der Waals surface area contributed by atoms with E-state index in [4.69, 9.17) is 9.47 Å². The molecule has 0 unspecified atom stereocenters. The monoisotopic (exact) mass is 527 g/mol. The number of hydrogen-bond acceptors (Lipinski definition) is 6. The molecule has 0 saturated heterocycles. The van der Waals surface area contributed by atoms with Crippen molar-refractivity contribution >= 4 is 39.9 Å². The summed E-state index contributed by atoms with van der Waals surface area (Å²) in [4.78, 5) is 40.4. The summed E-state index contributed by atoms with van der Waals surface area (Å²) in [6, 6.07) is 9.89. The first kappa shape index (κ1) is 26.7. The largest absolute Gasteiger partial charge is 0.454 e. The Morgan fingerprint density at radius 3 is 2.49 bits per heavy atom. The summed E-state index contributed by atoms with van der Waals surface area (Å²) < 4.78 is 23.4. The van der Waals surface area contributed by atoms with E-state index in [1.807, 2.05) is 26.0 Å². The van der Waals surface area contributed by atoms with Gasteiger partial charge in [0.05, 0.1) is 0 Å². The van der Waals surface area contributed by atoms with Gasteiger partial charge in [-0.05, 0) is 57.4 Å². The van der Waals surface area contributed by atoms with Crippen LogP contribution in [0.3, 0.4) is 0 Å². The van der Waals surface area contributed by atoms with Crippen molar-refractivity contribution in [1.29, 1.82) is 0 Å². The lowest BCUT2D eigenvalue weighted by Crippen LogP contribution is -2.51. The fourth-order valence-corrected chi connectivity index (χ4v) is 5.60. The van der Waals surface area contributed by atoms with Crippen LogP contribution in [0.25, 0.3) is 0 Å². The van der Waals surface area contributed by atoms with E-state index in [-0.39, 0.29) is 30.2 Å². The van der Waals surface area contributed by atoms with Gasteiger partial charge in [-0.25, -0.2) is 0 Å². The molecule has 0 radical (unpaired) electrons. The zero-order chi connectivity index (χ0) is 26.5. The Balaban J connectivity index is 1.43. The summed E-state index contributed by atoms with van der Waals surface area (Å²) in [5.74, 6) is -0.850. The first-order valence-electron chi connectivity index (χ1n) is 12.5. The summed E-state index contributed by atoms with van der Waals surface area (Å²) >= 11 is 0. The van der Waals surface area contributed by atoms with E-state index in [0.29, 0.717) is 22.9 Å². The lowest BCUT2D eigenvalue weighted by atomic mass is 10.1. The minimum atomic E-state index is -1.78. The summed E-state index contributed by atoms with van der Waals surface area (Å²) in [5.41, 5.74) is 2.93. The van der Waals surface area contributed by atoms with Crippen molar-refractivity contribution in [3.05, 3.63) is 47.5 Å². The number of carbonyl (C=O) groups is 3. The topological polar surface area (TPSA) is 114 Å². The Morgan fingerprint density at radius 2 is 1.76 bits per heavy atom. The minimum absolute atomic E-state index is 0.111. The Bertz CT molecular complexity index is 1210. The van der Waals surface area contributed by atoms with Gasteiger partial charge in [0.2, 0.25) is 24.5 Å².